The second-order valence-electron chi connectivity index (χ2n) is 3.98. The number of amides is 1. The number of rotatable bonds is 2. The number of nitriles is 1. The highest BCUT2D eigenvalue weighted by atomic mass is 35.5. The number of benzene rings is 1. The van der Waals surface area contributed by atoms with Crippen molar-refractivity contribution in [2.75, 3.05) is 5.32 Å². The molecule has 0 aliphatic carbocycles. The molecule has 0 spiro atoms. The van der Waals surface area contributed by atoms with Gasteiger partial charge in [0.25, 0.3) is 5.91 Å². The molecular weight excluding hydrogens is 262 g/mol. The molecule has 0 aliphatic rings. The first-order chi connectivity index (χ1) is 9.10. The van der Waals surface area contributed by atoms with Gasteiger partial charge in [-0.05, 0) is 31.2 Å². The minimum Gasteiger partial charge on any atom is -0.321 e. The number of carbonyl (C=O) groups is 1. The average molecular weight is 272 g/mol. The first kappa shape index (κ1) is 13.1. The summed E-state index contributed by atoms with van der Waals surface area (Å²) in [6.45, 7) is 1.89. The van der Waals surface area contributed by atoms with Gasteiger partial charge in [0.15, 0.2) is 0 Å². The first-order valence-electron chi connectivity index (χ1n) is 5.54. The van der Waals surface area contributed by atoms with Gasteiger partial charge in [-0.2, -0.15) is 5.26 Å². The molecule has 1 aromatic carbocycles. The smallest absolute Gasteiger partial charge is 0.257 e. The van der Waals surface area contributed by atoms with E-state index in [1.807, 2.05) is 19.1 Å². The van der Waals surface area contributed by atoms with Crippen LogP contribution in [0.2, 0.25) is 5.02 Å². The van der Waals surface area contributed by atoms with Crippen molar-refractivity contribution in [3.63, 3.8) is 0 Å². The zero-order valence-corrected chi connectivity index (χ0v) is 10.9. The Bertz CT molecular complexity index is 659. The Morgan fingerprint density at radius 2 is 2.16 bits per heavy atom. The Balaban J connectivity index is 2.21. The van der Waals surface area contributed by atoms with Crippen molar-refractivity contribution in [1.82, 2.24) is 4.98 Å². The van der Waals surface area contributed by atoms with Crippen molar-refractivity contribution in [3.05, 3.63) is 58.4 Å². The zero-order valence-electron chi connectivity index (χ0n) is 10.1. The van der Waals surface area contributed by atoms with Gasteiger partial charge in [0.05, 0.1) is 22.5 Å². The molecule has 1 heterocycles. The maximum atomic E-state index is 12.1. The molecular formula is C14H10ClN3O. The van der Waals surface area contributed by atoms with Crippen molar-refractivity contribution >= 4 is 23.2 Å². The largest absolute Gasteiger partial charge is 0.321 e. The van der Waals surface area contributed by atoms with Crippen LogP contribution in [0.1, 0.15) is 21.6 Å². The molecule has 19 heavy (non-hydrogen) atoms. The minimum atomic E-state index is -0.305. The highest BCUT2D eigenvalue weighted by Crippen LogP contribution is 2.19. The minimum absolute atomic E-state index is 0.298. The number of aryl methyl sites for hydroxylation is 1. The van der Waals surface area contributed by atoms with Gasteiger partial charge in [-0.3, -0.25) is 4.79 Å². The molecule has 1 amide bonds. The highest BCUT2D eigenvalue weighted by Gasteiger charge is 2.10. The van der Waals surface area contributed by atoms with E-state index in [1.165, 1.54) is 12.3 Å². The first-order valence-corrected chi connectivity index (χ1v) is 5.91. The molecule has 0 saturated heterocycles. The summed E-state index contributed by atoms with van der Waals surface area (Å²) >= 11 is 5.99. The summed E-state index contributed by atoms with van der Waals surface area (Å²) in [7, 11) is 0. The predicted octanol–water partition coefficient (Wildman–Crippen LogP) is 3.17. The van der Waals surface area contributed by atoms with E-state index in [-0.39, 0.29) is 5.91 Å². The van der Waals surface area contributed by atoms with E-state index in [0.717, 1.165) is 5.56 Å². The fourth-order valence-electron chi connectivity index (χ4n) is 1.55. The Morgan fingerprint density at radius 3 is 2.79 bits per heavy atom. The Morgan fingerprint density at radius 1 is 1.37 bits per heavy atom. The lowest BCUT2D eigenvalue weighted by atomic mass is 10.1. The number of hydrogen-bond donors (Lipinski definition) is 1. The monoisotopic (exact) mass is 271 g/mol. The van der Waals surface area contributed by atoms with E-state index in [9.17, 15) is 4.79 Å². The van der Waals surface area contributed by atoms with Crippen molar-refractivity contribution in [3.8, 4) is 6.07 Å². The maximum Gasteiger partial charge on any atom is 0.257 e. The quantitative estimate of drug-likeness (QED) is 0.912. The summed E-state index contributed by atoms with van der Waals surface area (Å²) in [5.74, 6) is -0.305. The number of nitrogens with one attached hydrogen (secondary N) is 1. The summed E-state index contributed by atoms with van der Waals surface area (Å²) in [5.41, 5.74) is 2.17. The van der Waals surface area contributed by atoms with Crippen LogP contribution in [0.3, 0.4) is 0 Å². The van der Waals surface area contributed by atoms with Crippen LogP contribution in [0.25, 0.3) is 0 Å². The third-order valence-electron chi connectivity index (χ3n) is 2.50. The molecule has 4 nitrogen and oxygen atoms in total. The number of hydrogen-bond acceptors (Lipinski definition) is 3. The van der Waals surface area contributed by atoms with E-state index < -0.39 is 0 Å². The third kappa shape index (κ3) is 3.09. The van der Waals surface area contributed by atoms with E-state index in [0.29, 0.717) is 22.0 Å². The Labute approximate surface area is 115 Å². The molecule has 0 aliphatic heterocycles. The molecule has 0 fully saturated rings. The van der Waals surface area contributed by atoms with Crippen molar-refractivity contribution < 1.29 is 4.79 Å². The van der Waals surface area contributed by atoms with Crippen molar-refractivity contribution in [1.29, 1.82) is 5.26 Å². The number of aromatic nitrogens is 1. The van der Waals surface area contributed by atoms with E-state index in [4.69, 9.17) is 16.9 Å². The summed E-state index contributed by atoms with van der Waals surface area (Å²) in [6, 6.07) is 10.3. The van der Waals surface area contributed by atoms with Gasteiger partial charge in [0, 0.05) is 0 Å². The summed E-state index contributed by atoms with van der Waals surface area (Å²) in [5, 5.41) is 11.7. The van der Waals surface area contributed by atoms with E-state index in [2.05, 4.69) is 10.3 Å². The molecule has 0 radical (unpaired) electrons. The van der Waals surface area contributed by atoms with Gasteiger partial charge in [-0.25, -0.2) is 4.98 Å². The SMILES string of the molecule is Cc1ccc(Cl)c(C(=O)Nc2ccc(C#N)nc2)c1. The highest BCUT2D eigenvalue weighted by molar-refractivity contribution is 6.34. The predicted molar refractivity (Wildman–Crippen MR) is 73.1 cm³/mol. The number of nitrogens with zero attached hydrogens (tertiary/aromatic N) is 2. The fourth-order valence-corrected chi connectivity index (χ4v) is 1.75. The van der Waals surface area contributed by atoms with Gasteiger partial charge in [-0.1, -0.05) is 23.2 Å². The average Bonchev–Trinajstić information content (AvgIpc) is 2.42. The van der Waals surface area contributed by atoms with Crippen molar-refractivity contribution in [2.45, 2.75) is 6.92 Å². The third-order valence-corrected chi connectivity index (χ3v) is 2.83. The fraction of sp³-hybridized carbons (Fsp3) is 0.0714. The van der Waals surface area contributed by atoms with E-state index >= 15 is 0 Å². The Kier molecular flexibility index (Phi) is 3.79. The molecule has 0 saturated carbocycles. The van der Waals surface area contributed by atoms with Crippen LogP contribution in [0.15, 0.2) is 36.5 Å². The maximum absolute atomic E-state index is 12.1. The van der Waals surface area contributed by atoms with Gasteiger partial charge in [-0.15, -0.1) is 0 Å². The topological polar surface area (TPSA) is 65.8 Å². The lowest BCUT2D eigenvalue weighted by molar-refractivity contribution is 0.102. The van der Waals surface area contributed by atoms with Crippen LogP contribution in [-0.2, 0) is 0 Å². The van der Waals surface area contributed by atoms with Gasteiger partial charge in [0.1, 0.15) is 11.8 Å². The second kappa shape index (κ2) is 5.51. The summed E-state index contributed by atoms with van der Waals surface area (Å²) < 4.78 is 0. The molecule has 2 rings (SSSR count). The van der Waals surface area contributed by atoms with Crippen LogP contribution < -0.4 is 5.32 Å². The molecule has 0 atom stereocenters. The van der Waals surface area contributed by atoms with Gasteiger partial charge >= 0.3 is 0 Å². The van der Waals surface area contributed by atoms with Gasteiger partial charge < -0.3 is 5.32 Å². The Hall–Kier alpha value is -2.38. The molecule has 94 valence electrons. The summed E-state index contributed by atoms with van der Waals surface area (Å²) in [6.07, 6.45) is 1.43. The standard InChI is InChI=1S/C14H10ClN3O/c1-9-2-5-13(15)12(6-9)14(19)18-11-4-3-10(7-16)17-8-11/h2-6,8H,1H3,(H,18,19). The van der Waals surface area contributed by atoms with Gasteiger partial charge in [0.2, 0.25) is 0 Å². The van der Waals surface area contributed by atoms with Crippen LogP contribution in [0.5, 0.6) is 0 Å². The van der Waals surface area contributed by atoms with E-state index in [1.54, 1.807) is 18.2 Å². The molecule has 1 aromatic heterocycles. The zero-order chi connectivity index (χ0) is 13.8. The lowest BCUT2D eigenvalue weighted by Gasteiger charge is -2.07. The molecule has 0 unspecified atom stereocenters. The number of halogens is 1. The summed E-state index contributed by atoms with van der Waals surface area (Å²) in [4.78, 5) is 15.9. The van der Waals surface area contributed by atoms with Crippen LogP contribution in [0, 0.1) is 18.3 Å². The van der Waals surface area contributed by atoms with Crippen LogP contribution in [-0.4, -0.2) is 10.9 Å². The molecule has 1 N–H and O–H groups in total. The lowest BCUT2D eigenvalue weighted by Crippen LogP contribution is -2.12. The normalized spacial score (nSPS) is 9.74. The molecule has 2 aromatic rings. The second-order valence-corrected chi connectivity index (χ2v) is 4.39. The molecule has 0 bridgehead atoms. The van der Waals surface area contributed by atoms with Crippen LogP contribution in [0.4, 0.5) is 5.69 Å². The number of anilines is 1. The van der Waals surface area contributed by atoms with Crippen LogP contribution >= 0.6 is 11.6 Å². The number of carbonyl (C=O) groups excluding carboxylic acids is 1. The number of pyridine rings is 1. The molecule has 5 heteroatoms. The van der Waals surface area contributed by atoms with Crippen molar-refractivity contribution in [2.24, 2.45) is 0 Å².